The average molecular weight is 586 g/mol. The molecule has 6 heterocycles. The van der Waals surface area contributed by atoms with E-state index in [0.29, 0.717) is 37.8 Å². The maximum absolute atomic E-state index is 16.3. The Morgan fingerprint density at radius 1 is 1.14 bits per heavy atom. The van der Waals surface area contributed by atoms with Gasteiger partial charge in [-0.15, -0.1) is 5.53 Å². The van der Waals surface area contributed by atoms with Gasteiger partial charge in [0.2, 0.25) is 5.91 Å². The minimum absolute atomic E-state index is 0.0415. The number of carbonyl (C=O) groups is 2. The summed E-state index contributed by atoms with van der Waals surface area (Å²) in [6.07, 6.45) is 8.00. The van der Waals surface area contributed by atoms with Gasteiger partial charge in [-0.25, -0.2) is 9.18 Å². The van der Waals surface area contributed by atoms with Crippen LogP contribution < -0.4 is 26.9 Å². The van der Waals surface area contributed by atoms with Gasteiger partial charge >= 0.3 is 6.03 Å². The van der Waals surface area contributed by atoms with E-state index in [1.165, 1.54) is 6.08 Å². The van der Waals surface area contributed by atoms with Gasteiger partial charge in [0.15, 0.2) is 0 Å². The SMILES string of the molecule is C=CC(=O)N1C(C)CN(C2NC(=O)N3C4NC(C(F)CC24)N2NNC=C2CC=CCC2CCNC(C(C)C)C23)CC1C. The molecule has 6 aliphatic rings. The van der Waals surface area contributed by atoms with Crippen LogP contribution in [0.1, 0.15) is 53.4 Å². The Bertz CT molecular complexity index is 1100. The van der Waals surface area contributed by atoms with E-state index >= 15 is 4.39 Å². The number of urea groups is 1. The predicted octanol–water partition coefficient (Wildman–Crippen LogP) is 1.56. The number of piperazine rings is 1. The van der Waals surface area contributed by atoms with E-state index in [4.69, 9.17) is 0 Å². The van der Waals surface area contributed by atoms with Crippen molar-refractivity contribution in [2.24, 2.45) is 17.8 Å². The number of carbonyl (C=O) groups excluding carboxylic acids is 2. The Hall–Kier alpha value is -2.67. The van der Waals surface area contributed by atoms with E-state index in [2.05, 4.69) is 64.4 Å². The summed E-state index contributed by atoms with van der Waals surface area (Å²) in [7, 11) is 0. The van der Waals surface area contributed by atoms with Crippen LogP contribution in [0.3, 0.4) is 0 Å². The summed E-state index contributed by atoms with van der Waals surface area (Å²) in [5.74, 6) is 0.341. The maximum atomic E-state index is 16.3. The van der Waals surface area contributed by atoms with E-state index < -0.39 is 12.3 Å². The van der Waals surface area contributed by atoms with Crippen LogP contribution in [0.5, 0.6) is 0 Å². The molecule has 4 saturated heterocycles. The van der Waals surface area contributed by atoms with Crippen molar-refractivity contribution in [3.05, 3.63) is 36.7 Å². The fraction of sp³-hybridized carbons (Fsp3) is 0.733. The Kier molecular flexibility index (Phi) is 8.25. The van der Waals surface area contributed by atoms with Crippen molar-refractivity contribution in [1.29, 1.82) is 0 Å². The highest BCUT2D eigenvalue weighted by Crippen LogP contribution is 2.40. The Balaban J connectivity index is 1.38. The van der Waals surface area contributed by atoms with Crippen molar-refractivity contribution in [3.63, 3.8) is 0 Å². The first-order chi connectivity index (χ1) is 20.2. The van der Waals surface area contributed by atoms with Crippen LogP contribution in [0, 0.1) is 17.8 Å². The Morgan fingerprint density at radius 2 is 1.90 bits per heavy atom. The van der Waals surface area contributed by atoms with Crippen LogP contribution in [0.4, 0.5) is 9.18 Å². The number of hydrogen-bond donors (Lipinski definition) is 5. The standard InChI is InChI=1S/C30H48FN9O2/c1-6-24(41)38-18(4)15-37(16-19(38)5)27-22-13-23(31)29-34-28(22)39(30(42)35-27)26-20(11-12-32-25(26)17(2)3)9-7-8-10-21-14-33-36-40(21)29/h6-8,14,17-20,22-23,25-29,32-34,36H,1,9-13,15-16H2,2-5H3,(H,35,42). The first-order valence-electron chi connectivity index (χ1n) is 15.7. The number of amides is 3. The summed E-state index contributed by atoms with van der Waals surface area (Å²) in [5, 5.41) is 12.6. The molecule has 6 aliphatic heterocycles. The molecule has 5 N–H and O–H groups in total. The lowest BCUT2D eigenvalue weighted by atomic mass is 9.76. The third-order valence-corrected chi connectivity index (χ3v) is 10.3. The Labute approximate surface area is 248 Å². The normalized spacial score (nSPS) is 40.7. The lowest BCUT2D eigenvalue weighted by Crippen LogP contribution is -2.80. The zero-order valence-electron chi connectivity index (χ0n) is 25.3. The van der Waals surface area contributed by atoms with Crippen LogP contribution in [0.2, 0.25) is 0 Å². The number of fused-ring (bicyclic) bond motifs is 5. The van der Waals surface area contributed by atoms with Gasteiger partial charge in [0, 0.05) is 49.8 Å². The van der Waals surface area contributed by atoms with Crippen LogP contribution in [0.25, 0.3) is 0 Å². The molecular weight excluding hydrogens is 537 g/mol. The van der Waals surface area contributed by atoms with Gasteiger partial charge in [0.25, 0.3) is 0 Å². The molecule has 0 aromatic carbocycles. The van der Waals surface area contributed by atoms with Crippen molar-refractivity contribution in [2.45, 2.75) is 102 Å². The third kappa shape index (κ3) is 5.10. The number of halogens is 1. The Morgan fingerprint density at radius 3 is 2.62 bits per heavy atom. The number of nitrogens with zero attached hydrogens (tertiary/aromatic N) is 4. The zero-order valence-corrected chi connectivity index (χ0v) is 25.3. The highest BCUT2D eigenvalue weighted by molar-refractivity contribution is 5.87. The molecule has 0 aromatic rings. The minimum atomic E-state index is -1.17. The van der Waals surface area contributed by atoms with Gasteiger partial charge in [0.1, 0.15) is 12.3 Å². The maximum Gasteiger partial charge on any atom is 0.320 e. The molecule has 12 heteroatoms. The van der Waals surface area contributed by atoms with Crippen LogP contribution in [-0.2, 0) is 4.79 Å². The molecule has 10 unspecified atom stereocenters. The van der Waals surface area contributed by atoms with Crippen molar-refractivity contribution in [1.82, 2.24) is 46.6 Å². The highest BCUT2D eigenvalue weighted by atomic mass is 19.1. The fourth-order valence-corrected chi connectivity index (χ4v) is 8.51. The van der Waals surface area contributed by atoms with Gasteiger partial charge in [0.05, 0.1) is 24.1 Å². The number of allylic oxidation sites excluding steroid dienone is 2. The lowest BCUT2D eigenvalue weighted by molar-refractivity contribution is -0.138. The van der Waals surface area contributed by atoms with Crippen LogP contribution >= 0.6 is 0 Å². The number of nitrogens with one attached hydrogen (secondary N) is 5. The zero-order chi connectivity index (χ0) is 29.7. The van der Waals surface area contributed by atoms with Gasteiger partial charge in [-0.3, -0.25) is 20.0 Å². The van der Waals surface area contributed by atoms with Gasteiger partial charge in [-0.05, 0) is 57.6 Å². The summed E-state index contributed by atoms with van der Waals surface area (Å²) >= 11 is 0. The van der Waals surface area contributed by atoms with Gasteiger partial charge in [-0.1, -0.05) is 32.6 Å². The molecule has 232 valence electrons. The van der Waals surface area contributed by atoms with Crippen molar-refractivity contribution in [2.75, 3.05) is 19.6 Å². The first-order valence-corrected chi connectivity index (χ1v) is 15.7. The third-order valence-electron chi connectivity index (χ3n) is 10.3. The van der Waals surface area contributed by atoms with Crippen LogP contribution in [0.15, 0.2) is 36.7 Å². The molecule has 0 saturated carbocycles. The average Bonchev–Trinajstić information content (AvgIpc) is 3.41. The molecule has 0 aromatic heterocycles. The summed E-state index contributed by atoms with van der Waals surface area (Å²) in [4.78, 5) is 33.1. The second-order valence-electron chi connectivity index (χ2n) is 13.3. The van der Waals surface area contributed by atoms with E-state index in [0.717, 1.165) is 25.1 Å². The van der Waals surface area contributed by atoms with E-state index in [1.807, 2.05) is 34.9 Å². The highest BCUT2D eigenvalue weighted by Gasteiger charge is 2.56. The second-order valence-corrected chi connectivity index (χ2v) is 13.3. The molecule has 6 rings (SSSR count). The van der Waals surface area contributed by atoms with E-state index in [-0.39, 0.29) is 54.4 Å². The molecule has 0 spiro atoms. The molecule has 2 bridgehead atoms. The molecule has 3 amide bonds. The molecule has 42 heavy (non-hydrogen) atoms. The smallest absolute Gasteiger partial charge is 0.320 e. The second kappa shape index (κ2) is 11.8. The van der Waals surface area contributed by atoms with Crippen molar-refractivity contribution >= 4 is 11.9 Å². The fourth-order valence-electron chi connectivity index (χ4n) is 8.51. The number of alkyl halides is 1. The van der Waals surface area contributed by atoms with E-state index in [9.17, 15) is 9.59 Å². The minimum Gasteiger partial charge on any atom is -0.331 e. The molecule has 11 nitrogen and oxygen atoms in total. The summed E-state index contributed by atoms with van der Waals surface area (Å²) < 4.78 is 16.3. The molecule has 10 atom stereocenters. The number of hydrazine groups is 2. The topological polar surface area (TPSA) is 107 Å². The summed E-state index contributed by atoms with van der Waals surface area (Å²) in [6.45, 7) is 14.3. The molecule has 0 aliphatic carbocycles. The monoisotopic (exact) mass is 585 g/mol. The van der Waals surface area contributed by atoms with Crippen LogP contribution in [-0.4, -0.2) is 100 Å². The quantitative estimate of drug-likeness (QED) is 0.251. The molecule has 0 radical (unpaired) electrons. The largest absolute Gasteiger partial charge is 0.331 e. The molecule has 4 fully saturated rings. The number of piperidine rings is 2. The van der Waals surface area contributed by atoms with Gasteiger partial charge < -0.3 is 25.9 Å². The van der Waals surface area contributed by atoms with Gasteiger partial charge in [-0.2, -0.15) is 0 Å². The first kappa shape index (κ1) is 29.4. The summed E-state index contributed by atoms with van der Waals surface area (Å²) in [5.41, 5.74) is 7.15. The predicted molar refractivity (Wildman–Crippen MR) is 159 cm³/mol. The van der Waals surface area contributed by atoms with Crippen molar-refractivity contribution < 1.29 is 14.0 Å². The number of hydrogen-bond acceptors (Lipinski definition) is 8. The summed E-state index contributed by atoms with van der Waals surface area (Å²) in [6, 6.07) is -0.148. The lowest BCUT2D eigenvalue weighted by Gasteiger charge is -2.59. The molecular formula is C30H48FN9O2. The van der Waals surface area contributed by atoms with Crippen molar-refractivity contribution in [3.8, 4) is 0 Å². The number of rotatable bonds is 3. The van der Waals surface area contributed by atoms with E-state index in [1.54, 1.807) is 0 Å².